The molecule has 2 aliphatic rings. The first-order valence-corrected chi connectivity index (χ1v) is 11.3. The van der Waals surface area contributed by atoms with Crippen molar-refractivity contribution in [2.45, 2.75) is 30.3 Å². The second-order valence-corrected chi connectivity index (χ2v) is 9.07. The highest BCUT2D eigenvalue weighted by atomic mass is 32.2. The zero-order valence-electron chi connectivity index (χ0n) is 16.0. The Balaban J connectivity index is 1.46. The summed E-state index contributed by atoms with van der Waals surface area (Å²) in [5.41, 5.74) is 0.148. The molecule has 29 heavy (non-hydrogen) atoms. The van der Waals surface area contributed by atoms with Gasteiger partial charge in [0.15, 0.2) is 11.5 Å². The highest BCUT2D eigenvalue weighted by Gasteiger charge is 2.30. The molecule has 1 fully saturated rings. The lowest BCUT2D eigenvalue weighted by Crippen LogP contribution is -2.41. The Morgan fingerprint density at radius 1 is 1.00 bits per heavy atom. The zero-order valence-corrected chi connectivity index (χ0v) is 16.9. The highest BCUT2D eigenvalue weighted by molar-refractivity contribution is 7.89. The van der Waals surface area contributed by atoms with Crippen molar-refractivity contribution in [2.75, 3.05) is 26.2 Å². The highest BCUT2D eigenvalue weighted by Crippen LogP contribution is 2.30. The molecule has 1 atom stereocenters. The van der Waals surface area contributed by atoms with Crippen LogP contribution in [0.4, 0.5) is 0 Å². The monoisotopic (exact) mass is 416 g/mol. The second kappa shape index (κ2) is 8.42. The fraction of sp³-hybridized carbons (Fsp3) is 0.381. The largest absolute Gasteiger partial charge is 0.486 e. The van der Waals surface area contributed by atoms with Crippen LogP contribution in [-0.4, -0.2) is 51.0 Å². The molecule has 1 amide bonds. The predicted molar refractivity (Wildman–Crippen MR) is 108 cm³/mol. The number of fused-ring (bicyclic) bond motifs is 1. The quantitative estimate of drug-likeness (QED) is 0.809. The number of sulfonamides is 1. The van der Waals surface area contributed by atoms with E-state index in [2.05, 4.69) is 5.32 Å². The number of nitrogens with zero attached hydrogens (tertiary/aromatic N) is 1. The molecule has 2 heterocycles. The maximum Gasteiger partial charge on any atom is 0.252 e. The summed E-state index contributed by atoms with van der Waals surface area (Å²) in [4.78, 5) is 12.8. The SMILES string of the molecule is O=C(NCC1COc2ccccc2O1)c1ccccc1S(=O)(=O)N1CCCCC1. The Morgan fingerprint density at radius 2 is 1.69 bits per heavy atom. The van der Waals surface area contributed by atoms with Gasteiger partial charge in [0, 0.05) is 13.1 Å². The summed E-state index contributed by atoms with van der Waals surface area (Å²) in [6, 6.07) is 13.7. The number of piperidine rings is 1. The maximum absolute atomic E-state index is 13.1. The van der Waals surface area contributed by atoms with Crippen LogP contribution >= 0.6 is 0 Å². The Morgan fingerprint density at radius 3 is 2.48 bits per heavy atom. The number of ether oxygens (including phenoxy) is 2. The van der Waals surface area contributed by atoms with E-state index in [0.29, 0.717) is 31.2 Å². The summed E-state index contributed by atoms with van der Waals surface area (Å²) in [6.45, 7) is 1.51. The molecule has 0 spiro atoms. The fourth-order valence-corrected chi connectivity index (χ4v) is 5.30. The molecule has 0 aliphatic carbocycles. The van der Waals surface area contributed by atoms with E-state index in [4.69, 9.17) is 9.47 Å². The van der Waals surface area contributed by atoms with Crippen molar-refractivity contribution in [2.24, 2.45) is 0 Å². The molecule has 1 unspecified atom stereocenters. The van der Waals surface area contributed by atoms with E-state index >= 15 is 0 Å². The molecule has 1 saturated heterocycles. The molecule has 1 N–H and O–H groups in total. The number of hydrogen-bond donors (Lipinski definition) is 1. The number of hydrogen-bond acceptors (Lipinski definition) is 5. The number of carbonyl (C=O) groups is 1. The summed E-state index contributed by atoms with van der Waals surface area (Å²) in [5.74, 6) is 0.864. The van der Waals surface area contributed by atoms with E-state index in [1.807, 2.05) is 24.3 Å². The minimum atomic E-state index is -3.70. The average Bonchev–Trinajstić information content (AvgIpc) is 2.78. The number of amides is 1. The van der Waals surface area contributed by atoms with Crippen molar-refractivity contribution in [1.29, 1.82) is 0 Å². The van der Waals surface area contributed by atoms with Gasteiger partial charge in [-0.3, -0.25) is 4.79 Å². The fourth-order valence-electron chi connectivity index (χ4n) is 3.59. The van der Waals surface area contributed by atoms with Crippen LogP contribution in [0, 0.1) is 0 Å². The second-order valence-electron chi connectivity index (χ2n) is 7.17. The maximum atomic E-state index is 13.1. The van der Waals surface area contributed by atoms with Crippen LogP contribution in [0.1, 0.15) is 29.6 Å². The molecular weight excluding hydrogens is 392 g/mol. The Labute approximate surface area is 170 Å². The zero-order chi connectivity index (χ0) is 20.3. The first-order valence-electron chi connectivity index (χ1n) is 9.81. The van der Waals surface area contributed by atoms with Crippen molar-refractivity contribution in [3.05, 3.63) is 54.1 Å². The van der Waals surface area contributed by atoms with Gasteiger partial charge < -0.3 is 14.8 Å². The minimum absolute atomic E-state index is 0.0468. The van der Waals surface area contributed by atoms with Gasteiger partial charge >= 0.3 is 0 Å². The molecule has 0 bridgehead atoms. The van der Waals surface area contributed by atoms with E-state index < -0.39 is 15.9 Å². The predicted octanol–water partition coefficient (Wildman–Crippen LogP) is 2.43. The van der Waals surface area contributed by atoms with Crippen LogP contribution in [0.5, 0.6) is 11.5 Å². The normalized spacial score (nSPS) is 19.5. The lowest BCUT2D eigenvalue weighted by atomic mass is 10.2. The lowest BCUT2D eigenvalue weighted by molar-refractivity contribution is 0.0787. The van der Waals surface area contributed by atoms with Crippen LogP contribution in [0.25, 0.3) is 0 Å². The number of benzene rings is 2. The minimum Gasteiger partial charge on any atom is -0.486 e. The van der Waals surface area contributed by atoms with Gasteiger partial charge in [-0.2, -0.15) is 4.31 Å². The first-order chi connectivity index (χ1) is 14.1. The Hall–Kier alpha value is -2.58. The van der Waals surface area contributed by atoms with Crippen LogP contribution in [0.15, 0.2) is 53.4 Å². The van der Waals surface area contributed by atoms with E-state index in [9.17, 15) is 13.2 Å². The van der Waals surface area contributed by atoms with Gasteiger partial charge in [0.05, 0.1) is 17.0 Å². The van der Waals surface area contributed by atoms with Crippen molar-refractivity contribution in [3.63, 3.8) is 0 Å². The third-order valence-corrected chi connectivity index (χ3v) is 7.08. The van der Waals surface area contributed by atoms with E-state index in [0.717, 1.165) is 19.3 Å². The molecule has 7 nitrogen and oxygen atoms in total. The lowest BCUT2D eigenvalue weighted by Gasteiger charge is -2.27. The number of para-hydroxylation sites is 2. The van der Waals surface area contributed by atoms with Gasteiger partial charge in [-0.1, -0.05) is 30.7 Å². The molecule has 0 saturated carbocycles. The summed E-state index contributed by atoms with van der Waals surface area (Å²) in [7, 11) is -3.70. The van der Waals surface area contributed by atoms with Gasteiger partial charge in [0.2, 0.25) is 10.0 Å². The third-order valence-electron chi connectivity index (χ3n) is 5.12. The van der Waals surface area contributed by atoms with E-state index in [1.54, 1.807) is 18.2 Å². The van der Waals surface area contributed by atoms with Crippen molar-refractivity contribution in [1.82, 2.24) is 9.62 Å². The molecular formula is C21H24N2O5S. The number of rotatable bonds is 5. The molecule has 154 valence electrons. The molecule has 0 aromatic heterocycles. The van der Waals surface area contributed by atoms with Crippen molar-refractivity contribution >= 4 is 15.9 Å². The summed E-state index contributed by atoms with van der Waals surface area (Å²) in [6.07, 6.45) is 2.36. The Kier molecular flexibility index (Phi) is 5.73. The molecule has 0 radical (unpaired) electrons. The molecule has 4 rings (SSSR count). The van der Waals surface area contributed by atoms with Gasteiger partial charge in [-0.25, -0.2) is 8.42 Å². The van der Waals surface area contributed by atoms with Crippen LogP contribution in [0.2, 0.25) is 0 Å². The summed E-state index contributed by atoms with van der Waals surface area (Å²) in [5, 5.41) is 2.79. The third kappa shape index (κ3) is 4.23. The molecule has 8 heteroatoms. The summed E-state index contributed by atoms with van der Waals surface area (Å²) >= 11 is 0. The first kappa shape index (κ1) is 19.7. The van der Waals surface area contributed by atoms with E-state index in [-0.39, 0.29) is 23.1 Å². The van der Waals surface area contributed by atoms with Crippen LogP contribution in [0.3, 0.4) is 0 Å². The average molecular weight is 416 g/mol. The van der Waals surface area contributed by atoms with Gasteiger partial charge in [-0.15, -0.1) is 0 Å². The number of carbonyl (C=O) groups excluding carboxylic acids is 1. The van der Waals surface area contributed by atoms with E-state index in [1.165, 1.54) is 10.4 Å². The molecule has 2 aliphatic heterocycles. The van der Waals surface area contributed by atoms with Crippen molar-refractivity contribution < 1.29 is 22.7 Å². The van der Waals surface area contributed by atoms with Crippen LogP contribution < -0.4 is 14.8 Å². The van der Waals surface area contributed by atoms with Crippen molar-refractivity contribution in [3.8, 4) is 11.5 Å². The standard InChI is InChI=1S/C21H24N2O5S/c24-21(22-14-16-15-27-18-9-3-4-10-19(18)28-16)17-8-2-5-11-20(17)29(25,26)23-12-6-1-7-13-23/h2-5,8-11,16H,1,6-7,12-15H2,(H,22,24). The van der Waals surface area contributed by atoms with Gasteiger partial charge in [0.25, 0.3) is 5.91 Å². The summed E-state index contributed by atoms with van der Waals surface area (Å²) < 4.78 is 39.1. The van der Waals surface area contributed by atoms with Gasteiger partial charge in [0.1, 0.15) is 12.7 Å². The molecule has 2 aromatic carbocycles. The number of nitrogens with one attached hydrogen (secondary N) is 1. The van der Waals surface area contributed by atoms with Crippen LogP contribution in [-0.2, 0) is 10.0 Å². The molecule has 2 aromatic rings. The smallest absolute Gasteiger partial charge is 0.252 e. The Bertz CT molecular complexity index is 986. The topological polar surface area (TPSA) is 84.9 Å². The van der Waals surface area contributed by atoms with Gasteiger partial charge in [-0.05, 0) is 37.1 Å².